The standard InChI is InChI=1S/C19H20FN3O3S3/c20-7-8-23(29(25,26)17-5-2-10-27-17)16-4-1-3-13-11-15(22-18(13)16)19-21-12-14(28-19)6-9-24/h1-5,10-11,14,22,24H,6-9,12H2. The number of thioether (sulfide) groups is 1. The van der Waals surface area contributed by atoms with E-state index in [0.29, 0.717) is 24.2 Å². The Hall–Kier alpha value is -1.88. The van der Waals surface area contributed by atoms with E-state index in [1.807, 2.05) is 12.1 Å². The number of rotatable bonds is 8. The van der Waals surface area contributed by atoms with Gasteiger partial charge in [0.1, 0.15) is 15.9 Å². The summed E-state index contributed by atoms with van der Waals surface area (Å²) < 4.78 is 40.8. The SMILES string of the molecule is O=S(=O)(c1cccs1)N(CCF)c1cccc2cc(C3=NCC(CCO)S3)[nH]c12. The van der Waals surface area contributed by atoms with Gasteiger partial charge in [-0.25, -0.2) is 12.8 Å². The van der Waals surface area contributed by atoms with E-state index in [-0.39, 0.29) is 22.6 Å². The topological polar surface area (TPSA) is 85.8 Å². The van der Waals surface area contributed by atoms with Crippen molar-refractivity contribution in [3.8, 4) is 0 Å². The fourth-order valence-corrected chi connectivity index (χ4v) is 6.92. The number of aliphatic imine (C=N–C) groups is 1. The number of aliphatic hydroxyl groups is 1. The number of benzene rings is 1. The van der Waals surface area contributed by atoms with Gasteiger partial charge in [0, 0.05) is 17.2 Å². The average molecular weight is 454 g/mol. The van der Waals surface area contributed by atoms with Gasteiger partial charge in [-0.1, -0.05) is 30.0 Å². The summed E-state index contributed by atoms with van der Waals surface area (Å²) in [6.07, 6.45) is 0.673. The average Bonchev–Trinajstić information content (AvgIpc) is 3.45. The van der Waals surface area contributed by atoms with Crippen LogP contribution in [0.25, 0.3) is 10.9 Å². The number of aromatic nitrogens is 1. The summed E-state index contributed by atoms with van der Waals surface area (Å²) in [5.74, 6) is 0. The van der Waals surface area contributed by atoms with Crippen LogP contribution in [0, 0.1) is 0 Å². The number of para-hydroxylation sites is 1. The number of fused-ring (bicyclic) bond motifs is 1. The van der Waals surface area contributed by atoms with Gasteiger partial charge in [0.05, 0.1) is 30.0 Å². The molecular formula is C19H20FN3O3S3. The molecule has 0 aliphatic carbocycles. The van der Waals surface area contributed by atoms with Gasteiger partial charge in [-0.05, 0) is 30.0 Å². The summed E-state index contributed by atoms with van der Waals surface area (Å²) in [6.45, 7) is -0.290. The number of aliphatic hydroxyl groups excluding tert-OH is 1. The van der Waals surface area contributed by atoms with Gasteiger partial charge >= 0.3 is 0 Å². The van der Waals surface area contributed by atoms with Gasteiger partial charge in [0.15, 0.2) is 0 Å². The lowest BCUT2D eigenvalue weighted by atomic mass is 10.2. The maximum absolute atomic E-state index is 13.3. The minimum Gasteiger partial charge on any atom is -0.396 e. The number of sulfonamides is 1. The monoisotopic (exact) mass is 453 g/mol. The number of alkyl halides is 1. The Balaban J connectivity index is 1.74. The lowest BCUT2D eigenvalue weighted by molar-refractivity contribution is 0.288. The van der Waals surface area contributed by atoms with Gasteiger partial charge in [-0.3, -0.25) is 9.30 Å². The molecule has 0 saturated carbocycles. The Labute approximate surface area is 176 Å². The quantitative estimate of drug-likeness (QED) is 0.545. The third kappa shape index (κ3) is 3.94. The number of hydrogen-bond acceptors (Lipinski definition) is 6. The van der Waals surface area contributed by atoms with E-state index < -0.39 is 16.7 Å². The maximum Gasteiger partial charge on any atom is 0.273 e. The van der Waals surface area contributed by atoms with Crippen molar-refractivity contribution in [3.63, 3.8) is 0 Å². The summed E-state index contributed by atoms with van der Waals surface area (Å²) in [6, 6.07) is 10.4. The number of nitrogens with zero attached hydrogens (tertiary/aromatic N) is 2. The molecule has 4 rings (SSSR count). The molecule has 3 heterocycles. The second-order valence-electron chi connectivity index (χ2n) is 6.52. The number of nitrogens with one attached hydrogen (secondary N) is 1. The molecule has 2 aromatic heterocycles. The van der Waals surface area contributed by atoms with Crippen molar-refractivity contribution in [1.29, 1.82) is 0 Å². The first-order valence-electron chi connectivity index (χ1n) is 9.11. The third-order valence-electron chi connectivity index (χ3n) is 4.63. The molecule has 1 unspecified atom stereocenters. The van der Waals surface area contributed by atoms with Crippen LogP contribution in [0.15, 0.2) is 51.0 Å². The van der Waals surface area contributed by atoms with Crippen LogP contribution in [0.4, 0.5) is 10.1 Å². The Morgan fingerprint density at radius 2 is 2.17 bits per heavy atom. The van der Waals surface area contributed by atoms with E-state index in [9.17, 15) is 12.8 Å². The summed E-state index contributed by atoms with van der Waals surface area (Å²) in [5, 5.41) is 12.7. The molecule has 0 bridgehead atoms. The second-order valence-corrected chi connectivity index (χ2v) is 10.8. The molecule has 154 valence electrons. The van der Waals surface area contributed by atoms with Crippen molar-refractivity contribution in [1.82, 2.24) is 4.98 Å². The highest BCUT2D eigenvalue weighted by Crippen LogP contribution is 2.34. The highest BCUT2D eigenvalue weighted by Gasteiger charge is 2.28. The van der Waals surface area contributed by atoms with Crippen LogP contribution >= 0.6 is 23.1 Å². The fourth-order valence-electron chi connectivity index (χ4n) is 3.29. The molecule has 2 N–H and O–H groups in total. The van der Waals surface area contributed by atoms with Gasteiger partial charge < -0.3 is 10.1 Å². The van der Waals surface area contributed by atoms with Crippen LogP contribution in [-0.2, 0) is 10.0 Å². The van der Waals surface area contributed by atoms with E-state index in [1.54, 1.807) is 35.3 Å². The molecular weight excluding hydrogens is 433 g/mol. The van der Waals surface area contributed by atoms with Crippen LogP contribution in [0.3, 0.4) is 0 Å². The number of thiophene rings is 1. The molecule has 0 spiro atoms. The van der Waals surface area contributed by atoms with Crippen molar-refractivity contribution in [2.75, 3.05) is 30.7 Å². The first-order valence-corrected chi connectivity index (χ1v) is 12.3. The third-order valence-corrected chi connectivity index (χ3v) is 9.10. The lowest BCUT2D eigenvalue weighted by Gasteiger charge is -2.23. The van der Waals surface area contributed by atoms with Gasteiger partial charge in [0.2, 0.25) is 0 Å². The van der Waals surface area contributed by atoms with Gasteiger partial charge in [0.25, 0.3) is 10.0 Å². The molecule has 0 amide bonds. The Morgan fingerprint density at radius 3 is 2.90 bits per heavy atom. The lowest BCUT2D eigenvalue weighted by Crippen LogP contribution is -2.32. The normalized spacial score (nSPS) is 17.0. The second kappa shape index (κ2) is 8.47. The largest absolute Gasteiger partial charge is 0.396 e. The van der Waals surface area contributed by atoms with Crippen LogP contribution in [0.5, 0.6) is 0 Å². The number of hydrogen-bond donors (Lipinski definition) is 2. The molecule has 0 saturated heterocycles. The molecule has 1 atom stereocenters. The predicted molar refractivity (Wildman–Crippen MR) is 118 cm³/mol. The predicted octanol–water partition coefficient (Wildman–Crippen LogP) is 3.64. The molecule has 10 heteroatoms. The van der Waals surface area contributed by atoms with Gasteiger partial charge in [-0.15, -0.1) is 11.3 Å². The van der Waals surface area contributed by atoms with Crippen molar-refractivity contribution in [3.05, 3.63) is 47.5 Å². The molecule has 0 fully saturated rings. The summed E-state index contributed by atoms with van der Waals surface area (Å²) in [5.41, 5.74) is 1.84. The minimum atomic E-state index is -3.86. The zero-order valence-electron chi connectivity index (χ0n) is 15.4. The molecule has 6 nitrogen and oxygen atoms in total. The Morgan fingerprint density at radius 1 is 1.31 bits per heavy atom. The van der Waals surface area contributed by atoms with Crippen LogP contribution in [0.1, 0.15) is 12.1 Å². The van der Waals surface area contributed by atoms with Gasteiger partial charge in [-0.2, -0.15) is 0 Å². The molecule has 3 aromatic rings. The summed E-state index contributed by atoms with van der Waals surface area (Å²) in [4.78, 5) is 7.83. The van der Waals surface area contributed by atoms with Crippen molar-refractivity contribution >= 4 is 54.8 Å². The molecule has 29 heavy (non-hydrogen) atoms. The maximum atomic E-state index is 13.3. The van der Waals surface area contributed by atoms with Crippen LogP contribution in [0.2, 0.25) is 0 Å². The summed E-state index contributed by atoms with van der Waals surface area (Å²) in [7, 11) is -3.86. The first kappa shape index (κ1) is 20.4. The Kier molecular flexibility index (Phi) is 5.95. The van der Waals surface area contributed by atoms with Crippen LogP contribution in [-0.4, -0.2) is 55.2 Å². The number of anilines is 1. The van der Waals surface area contributed by atoms with Crippen molar-refractivity contribution < 1.29 is 17.9 Å². The zero-order valence-corrected chi connectivity index (χ0v) is 17.9. The molecule has 0 radical (unpaired) electrons. The highest BCUT2D eigenvalue weighted by molar-refractivity contribution is 8.15. The van der Waals surface area contributed by atoms with Crippen LogP contribution < -0.4 is 4.31 Å². The molecule has 1 aliphatic heterocycles. The van der Waals surface area contributed by atoms with E-state index >= 15 is 0 Å². The Bertz CT molecular complexity index is 1130. The number of H-pyrrole nitrogens is 1. The summed E-state index contributed by atoms with van der Waals surface area (Å²) >= 11 is 2.71. The van der Waals surface area contributed by atoms with Crippen molar-refractivity contribution in [2.45, 2.75) is 15.9 Å². The van der Waals surface area contributed by atoms with E-state index in [0.717, 1.165) is 31.8 Å². The van der Waals surface area contributed by atoms with Crippen molar-refractivity contribution in [2.24, 2.45) is 4.99 Å². The highest BCUT2D eigenvalue weighted by atomic mass is 32.2. The smallest absolute Gasteiger partial charge is 0.273 e. The molecule has 1 aromatic carbocycles. The number of aromatic amines is 1. The first-order chi connectivity index (χ1) is 14.0. The number of halogens is 1. The van der Waals surface area contributed by atoms with E-state index in [1.165, 1.54) is 6.07 Å². The molecule has 1 aliphatic rings. The minimum absolute atomic E-state index is 0.121. The zero-order chi connectivity index (χ0) is 20.4. The fraction of sp³-hybridized carbons (Fsp3) is 0.316. The van der Waals surface area contributed by atoms with E-state index in [2.05, 4.69) is 9.98 Å². The van der Waals surface area contributed by atoms with E-state index in [4.69, 9.17) is 5.11 Å².